The summed E-state index contributed by atoms with van der Waals surface area (Å²) in [5.41, 5.74) is 0. The van der Waals surface area contributed by atoms with Gasteiger partial charge in [-0.2, -0.15) is 0 Å². The Kier molecular flexibility index (Phi) is 9.83. The second-order valence-corrected chi connectivity index (χ2v) is 2.24. The molecule has 0 saturated carbocycles. The topological polar surface area (TPSA) is 36.9 Å². The molecule has 0 amide bonds. The molecule has 5 heteroatoms. The second kappa shape index (κ2) is 9.94. The third-order valence-corrected chi connectivity index (χ3v) is 1.31. The number of ether oxygens (including phenoxy) is 4. The molecule has 0 atom stereocenters. The number of rotatable bonds is 0. The van der Waals surface area contributed by atoms with Crippen molar-refractivity contribution < 1.29 is 18.9 Å². The molecule has 1 aliphatic heterocycles. The van der Waals surface area contributed by atoms with Crippen LogP contribution in [0.2, 0.25) is 0 Å². The molecule has 1 rings (SSSR count). The molecular formula is C8H15LiO4. The van der Waals surface area contributed by atoms with Crippen molar-refractivity contribution in [1.29, 1.82) is 0 Å². The fourth-order valence-electron chi connectivity index (χ4n) is 0.751. The molecule has 1 heterocycles. The monoisotopic (exact) mass is 182 g/mol. The Morgan fingerprint density at radius 3 is 1.46 bits per heavy atom. The molecule has 0 saturated heterocycles. The normalized spacial score (nSPS) is 22.2. The van der Waals surface area contributed by atoms with Crippen molar-refractivity contribution in [3.8, 4) is 0 Å². The van der Waals surface area contributed by atoms with Crippen molar-refractivity contribution in [3.63, 3.8) is 0 Å². The molecule has 0 N–H and O–H groups in total. The summed E-state index contributed by atoms with van der Waals surface area (Å²) in [5.74, 6) is 0. The quantitative estimate of drug-likeness (QED) is 0.490. The van der Waals surface area contributed by atoms with Crippen molar-refractivity contribution in [1.82, 2.24) is 0 Å². The predicted molar refractivity (Wildman–Crippen MR) is 49.8 cm³/mol. The van der Waals surface area contributed by atoms with Gasteiger partial charge in [-0.25, -0.2) is 0 Å². The van der Waals surface area contributed by atoms with Crippen LogP contribution in [0.3, 0.4) is 0 Å². The van der Waals surface area contributed by atoms with E-state index in [-0.39, 0.29) is 18.9 Å². The van der Waals surface area contributed by atoms with Crippen molar-refractivity contribution in [2.75, 3.05) is 39.6 Å². The van der Waals surface area contributed by atoms with E-state index in [1.807, 2.05) is 0 Å². The summed E-state index contributed by atoms with van der Waals surface area (Å²) < 4.78 is 20.4. The molecule has 0 spiro atoms. The molecule has 13 heavy (non-hydrogen) atoms. The summed E-state index contributed by atoms with van der Waals surface area (Å²) in [5, 5.41) is 0. The first-order chi connectivity index (χ1) is 6.00. The first-order valence-corrected chi connectivity index (χ1v) is 4.04. The van der Waals surface area contributed by atoms with Gasteiger partial charge in [-0.15, -0.1) is 0 Å². The summed E-state index contributed by atoms with van der Waals surface area (Å²) in [6.07, 6.45) is 3.04. The van der Waals surface area contributed by atoms with Crippen LogP contribution in [-0.4, -0.2) is 58.5 Å². The Hall–Kier alpha value is -0.143. The van der Waals surface area contributed by atoms with Gasteiger partial charge in [0.2, 0.25) is 0 Å². The van der Waals surface area contributed by atoms with Crippen molar-refractivity contribution in [2.45, 2.75) is 0 Å². The van der Waals surface area contributed by atoms with Crippen LogP contribution in [0.15, 0.2) is 12.5 Å². The fraction of sp³-hybridized carbons (Fsp3) is 0.750. The van der Waals surface area contributed by atoms with Gasteiger partial charge in [0.05, 0.1) is 26.4 Å². The second-order valence-electron chi connectivity index (χ2n) is 2.24. The first-order valence-electron chi connectivity index (χ1n) is 4.04. The van der Waals surface area contributed by atoms with E-state index in [1.54, 1.807) is 0 Å². The van der Waals surface area contributed by atoms with Crippen molar-refractivity contribution in [2.24, 2.45) is 0 Å². The first kappa shape index (κ1) is 12.9. The summed E-state index contributed by atoms with van der Waals surface area (Å²) >= 11 is 0. The van der Waals surface area contributed by atoms with E-state index in [2.05, 4.69) is 0 Å². The van der Waals surface area contributed by atoms with E-state index < -0.39 is 0 Å². The molecule has 72 valence electrons. The van der Waals surface area contributed by atoms with Gasteiger partial charge in [0.15, 0.2) is 0 Å². The van der Waals surface area contributed by atoms with Crippen molar-refractivity contribution >= 4 is 18.9 Å². The number of hydrogen-bond donors (Lipinski definition) is 0. The van der Waals surface area contributed by atoms with Gasteiger partial charge < -0.3 is 18.9 Å². The van der Waals surface area contributed by atoms with E-state index >= 15 is 0 Å². The average Bonchev–Trinajstić information content (AvgIpc) is 2.05. The minimum absolute atomic E-state index is 0. The summed E-state index contributed by atoms with van der Waals surface area (Å²) in [7, 11) is 0. The van der Waals surface area contributed by atoms with Crippen LogP contribution in [0.25, 0.3) is 0 Å². The van der Waals surface area contributed by atoms with Crippen LogP contribution in [-0.2, 0) is 18.9 Å². The van der Waals surface area contributed by atoms with Gasteiger partial charge in [-0.3, -0.25) is 0 Å². The molecule has 0 bridgehead atoms. The zero-order chi connectivity index (χ0) is 8.49. The standard InChI is InChI=1S/C8H14O4.Li.H/c1-2-10-5-6-12-8-7-11-4-3-9-1;;/h1-2H,3-8H2;;/b2-1-;;. The van der Waals surface area contributed by atoms with E-state index in [0.717, 1.165) is 0 Å². The molecule has 0 aromatic rings. The Morgan fingerprint density at radius 2 is 1.00 bits per heavy atom. The Labute approximate surface area is 90.4 Å². The molecule has 4 nitrogen and oxygen atoms in total. The maximum atomic E-state index is 5.18. The summed E-state index contributed by atoms with van der Waals surface area (Å²) in [6, 6.07) is 0. The van der Waals surface area contributed by atoms with Gasteiger partial charge in [-0.1, -0.05) is 0 Å². The molecule has 0 aliphatic carbocycles. The molecular weight excluding hydrogens is 167 g/mol. The zero-order valence-electron chi connectivity index (χ0n) is 7.03. The molecule has 0 radical (unpaired) electrons. The summed E-state index contributed by atoms with van der Waals surface area (Å²) in [6.45, 7) is 3.53. The summed E-state index contributed by atoms with van der Waals surface area (Å²) in [4.78, 5) is 0. The zero-order valence-corrected chi connectivity index (χ0v) is 7.03. The van der Waals surface area contributed by atoms with E-state index in [0.29, 0.717) is 39.6 Å². The van der Waals surface area contributed by atoms with Gasteiger partial charge in [0.1, 0.15) is 25.7 Å². The maximum absolute atomic E-state index is 5.18. The van der Waals surface area contributed by atoms with Crippen LogP contribution in [0.4, 0.5) is 0 Å². The van der Waals surface area contributed by atoms with Gasteiger partial charge in [0.25, 0.3) is 0 Å². The van der Waals surface area contributed by atoms with Crippen LogP contribution < -0.4 is 0 Å². The van der Waals surface area contributed by atoms with Crippen molar-refractivity contribution in [3.05, 3.63) is 12.5 Å². The van der Waals surface area contributed by atoms with Crippen LogP contribution in [0.5, 0.6) is 0 Å². The predicted octanol–water partition coefficient (Wildman–Crippen LogP) is -0.111. The molecule has 1 aliphatic rings. The SMILES string of the molecule is C1=C\OCCOCCOCCO/1.[LiH]. The average molecular weight is 182 g/mol. The van der Waals surface area contributed by atoms with Crippen LogP contribution >= 0.6 is 0 Å². The third kappa shape index (κ3) is 8.19. The molecule has 0 fully saturated rings. The van der Waals surface area contributed by atoms with E-state index in [9.17, 15) is 0 Å². The fourth-order valence-corrected chi connectivity index (χ4v) is 0.751. The van der Waals surface area contributed by atoms with Gasteiger partial charge >= 0.3 is 18.9 Å². The molecule has 0 aromatic carbocycles. The van der Waals surface area contributed by atoms with Gasteiger partial charge in [0, 0.05) is 0 Å². The van der Waals surface area contributed by atoms with E-state index in [1.165, 1.54) is 12.5 Å². The Bertz CT molecular complexity index is 115. The Balaban J connectivity index is 0.00000144. The number of hydrogen-bond acceptors (Lipinski definition) is 4. The third-order valence-electron chi connectivity index (χ3n) is 1.31. The van der Waals surface area contributed by atoms with E-state index in [4.69, 9.17) is 18.9 Å². The molecule has 0 aromatic heterocycles. The minimum atomic E-state index is 0. The molecule has 0 unspecified atom stereocenters. The van der Waals surface area contributed by atoms with Crippen LogP contribution in [0, 0.1) is 0 Å². The van der Waals surface area contributed by atoms with Crippen LogP contribution in [0.1, 0.15) is 0 Å². The van der Waals surface area contributed by atoms with Gasteiger partial charge in [-0.05, 0) is 0 Å². The Morgan fingerprint density at radius 1 is 0.615 bits per heavy atom.